The second kappa shape index (κ2) is 7.41. The zero-order valence-corrected chi connectivity index (χ0v) is 15.1. The van der Waals surface area contributed by atoms with Crippen LogP contribution in [0.25, 0.3) is 11.1 Å². The second-order valence-electron chi connectivity index (χ2n) is 7.08. The summed E-state index contributed by atoms with van der Waals surface area (Å²) >= 11 is 0. The van der Waals surface area contributed by atoms with Crippen LogP contribution in [0.4, 0.5) is 9.18 Å². The molecule has 2 aliphatic rings. The van der Waals surface area contributed by atoms with Crippen molar-refractivity contribution in [1.29, 1.82) is 0 Å². The normalized spacial score (nSPS) is 20.2. The minimum atomic E-state index is -0.801. The summed E-state index contributed by atoms with van der Waals surface area (Å²) < 4.78 is 13.6. The number of H-pyrrole nitrogens is 1. The number of hydrogen-bond acceptors (Lipinski definition) is 4. The summed E-state index contributed by atoms with van der Waals surface area (Å²) in [5.41, 5.74) is 2.58. The lowest BCUT2D eigenvalue weighted by Crippen LogP contribution is -2.42. The Kier molecular flexibility index (Phi) is 4.81. The maximum Gasteiger partial charge on any atom is 0.322 e. The van der Waals surface area contributed by atoms with Gasteiger partial charge in [-0.3, -0.25) is 20.0 Å². The highest BCUT2D eigenvalue weighted by Crippen LogP contribution is 2.34. The Labute approximate surface area is 160 Å². The van der Waals surface area contributed by atoms with Crippen molar-refractivity contribution in [1.82, 2.24) is 25.7 Å². The Bertz CT molecular complexity index is 920. The average Bonchev–Trinajstić information content (AvgIpc) is 3.28. The van der Waals surface area contributed by atoms with Crippen LogP contribution in [0.2, 0.25) is 0 Å². The Morgan fingerprint density at radius 3 is 2.71 bits per heavy atom. The van der Waals surface area contributed by atoms with E-state index in [4.69, 9.17) is 0 Å². The lowest BCUT2D eigenvalue weighted by Gasteiger charge is -2.32. The van der Waals surface area contributed by atoms with Crippen molar-refractivity contribution >= 4 is 17.8 Å². The van der Waals surface area contributed by atoms with E-state index in [0.717, 1.165) is 29.7 Å². The number of carbonyl (C=O) groups excluding carboxylic acids is 3. The predicted octanol–water partition coefficient (Wildman–Crippen LogP) is 1.52. The molecular formula is C19H20FN5O3. The Morgan fingerprint density at radius 1 is 1.25 bits per heavy atom. The van der Waals surface area contributed by atoms with Gasteiger partial charge in [-0.15, -0.1) is 0 Å². The highest BCUT2D eigenvalue weighted by Gasteiger charge is 2.34. The molecular weight excluding hydrogens is 365 g/mol. The SMILES string of the molecule is O=C1NC(=O)[C@H](CC(=O)N2CCC(c3[nH]ncc3-c3cccc(F)c3)CC2)N1. The number of aromatic amines is 1. The van der Waals surface area contributed by atoms with Gasteiger partial charge in [-0.05, 0) is 30.5 Å². The first kappa shape index (κ1) is 18.1. The zero-order chi connectivity index (χ0) is 19.7. The first-order valence-corrected chi connectivity index (χ1v) is 9.19. The molecule has 0 spiro atoms. The molecule has 0 aliphatic carbocycles. The molecule has 1 aromatic carbocycles. The number of aromatic nitrogens is 2. The Morgan fingerprint density at radius 2 is 2.04 bits per heavy atom. The van der Waals surface area contributed by atoms with Gasteiger partial charge in [-0.2, -0.15) is 5.10 Å². The molecule has 0 radical (unpaired) electrons. The van der Waals surface area contributed by atoms with E-state index in [1.807, 2.05) is 6.07 Å². The molecule has 2 aliphatic heterocycles. The van der Waals surface area contributed by atoms with Gasteiger partial charge in [0.05, 0.1) is 12.6 Å². The largest absolute Gasteiger partial charge is 0.343 e. The fourth-order valence-electron chi connectivity index (χ4n) is 3.82. The molecule has 0 saturated carbocycles. The molecule has 3 N–H and O–H groups in total. The summed E-state index contributed by atoms with van der Waals surface area (Å²) in [4.78, 5) is 36.9. The summed E-state index contributed by atoms with van der Waals surface area (Å²) in [5.74, 6) is -0.742. The number of piperidine rings is 1. The van der Waals surface area contributed by atoms with Crippen LogP contribution >= 0.6 is 0 Å². The van der Waals surface area contributed by atoms with Crippen LogP contribution < -0.4 is 10.6 Å². The maximum atomic E-state index is 13.6. The molecule has 4 amide bonds. The van der Waals surface area contributed by atoms with E-state index in [2.05, 4.69) is 20.8 Å². The summed E-state index contributed by atoms with van der Waals surface area (Å²) in [6.45, 7) is 1.10. The summed E-state index contributed by atoms with van der Waals surface area (Å²) in [7, 11) is 0. The van der Waals surface area contributed by atoms with Crippen LogP contribution in [0.5, 0.6) is 0 Å². The van der Waals surface area contributed by atoms with Crippen molar-refractivity contribution in [3.8, 4) is 11.1 Å². The number of hydrogen-bond donors (Lipinski definition) is 3. The quantitative estimate of drug-likeness (QED) is 0.694. The highest BCUT2D eigenvalue weighted by atomic mass is 19.1. The number of urea groups is 1. The second-order valence-corrected chi connectivity index (χ2v) is 7.08. The van der Waals surface area contributed by atoms with Crippen LogP contribution in [0.3, 0.4) is 0 Å². The molecule has 2 aromatic rings. The Hall–Kier alpha value is -3.23. The highest BCUT2D eigenvalue weighted by molar-refractivity contribution is 6.05. The van der Waals surface area contributed by atoms with Gasteiger partial charge in [-0.1, -0.05) is 12.1 Å². The molecule has 8 nitrogen and oxygen atoms in total. The number of nitrogens with one attached hydrogen (secondary N) is 3. The van der Waals surface area contributed by atoms with Gasteiger partial charge in [0.25, 0.3) is 5.91 Å². The van der Waals surface area contributed by atoms with Crippen molar-refractivity contribution in [2.75, 3.05) is 13.1 Å². The molecule has 4 rings (SSSR count). The first-order valence-electron chi connectivity index (χ1n) is 9.19. The number of nitrogens with zero attached hydrogens (tertiary/aromatic N) is 2. The monoisotopic (exact) mass is 385 g/mol. The number of rotatable bonds is 4. The third-order valence-corrected chi connectivity index (χ3v) is 5.30. The third-order valence-electron chi connectivity index (χ3n) is 5.30. The van der Waals surface area contributed by atoms with E-state index in [0.29, 0.717) is 13.1 Å². The number of likely N-dealkylation sites (tertiary alicyclic amines) is 1. The van der Waals surface area contributed by atoms with Crippen molar-refractivity contribution in [3.63, 3.8) is 0 Å². The molecule has 1 atom stereocenters. The van der Waals surface area contributed by atoms with E-state index in [1.54, 1.807) is 17.2 Å². The fraction of sp³-hybridized carbons (Fsp3) is 0.368. The zero-order valence-electron chi connectivity index (χ0n) is 15.1. The molecule has 146 valence electrons. The number of carbonyl (C=O) groups is 3. The van der Waals surface area contributed by atoms with Gasteiger partial charge < -0.3 is 10.2 Å². The number of benzene rings is 1. The lowest BCUT2D eigenvalue weighted by molar-refractivity contribution is -0.134. The van der Waals surface area contributed by atoms with Crippen LogP contribution in [0.15, 0.2) is 30.5 Å². The third kappa shape index (κ3) is 3.60. The molecule has 2 fully saturated rings. The standard InChI is InChI=1S/C19H20FN5O3/c20-13-3-1-2-12(8-13)14-10-21-24-17(14)11-4-6-25(7-5-11)16(26)9-15-18(27)23-19(28)22-15/h1-3,8,10-11,15H,4-7,9H2,(H,21,24)(H2,22,23,27,28)/t15-/m0/s1. The van der Waals surface area contributed by atoms with E-state index < -0.39 is 18.0 Å². The molecule has 28 heavy (non-hydrogen) atoms. The topological polar surface area (TPSA) is 107 Å². The maximum absolute atomic E-state index is 13.6. The van der Waals surface area contributed by atoms with Crippen molar-refractivity contribution in [2.24, 2.45) is 0 Å². The average molecular weight is 385 g/mol. The van der Waals surface area contributed by atoms with Gasteiger partial charge in [0.1, 0.15) is 11.9 Å². The van der Waals surface area contributed by atoms with Crippen LogP contribution in [0, 0.1) is 5.82 Å². The number of amides is 4. The van der Waals surface area contributed by atoms with Crippen LogP contribution in [-0.4, -0.2) is 52.1 Å². The summed E-state index contributed by atoms with van der Waals surface area (Å²) in [6.07, 6.45) is 3.13. The molecule has 0 unspecified atom stereocenters. The van der Waals surface area contributed by atoms with Crippen molar-refractivity contribution in [3.05, 3.63) is 42.0 Å². The molecule has 0 bridgehead atoms. The van der Waals surface area contributed by atoms with Gasteiger partial charge >= 0.3 is 6.03 Å². The van der Waals surface area contributed by atoms with E-state index in [9.17, 15) is 18.8 Å². The first-order chi connectivity index (χ1) is 13.5. The molecule has 9 heteroatoms. The van der Waals surface area contributed by atoms with Crippen molar-refractivity contribution < 1.29 is 18.8 Å². The predicted molar refractivity (Wildman–Crippen MR) is 97.6 cm³/mol. The van der Waals surface area contributed by atoms with E-state index >= 15 is 0 Å². The molecule has 2 saturated heterocycles. The van der Waals surface area contributed by atoms with Gasteiger partial charge in [0.2, 0.25) is 5.91 Å². The fourth-order valence-corrected chi connectivity index (χ4v) is 3.82. The summed E-state index contributed by atoms with van der Waals surface area (Å²) in [5, 5.41) is 11.7. The molecule has 1 aromatic heterocycles. The van der Waals surface area contributed by atoms with Gasteiger partial charge in [-0.25, -0.2) is 9.18 Å². The van der Waals surface area contributed by atoms with Gasteiger partial charge in [0.15, 0.2) is 0 Å². The van der Waals surface area contributed by atoms with Crippen LogP contribution in [0.1, 0.15) is 30.9 Å². The van der Waals surface area contributed by atoms with Gasteiger partial charge in [0, 0.05) is 30.3 Å². The minimum absolute atomic E-state index is 0.0408. The molecule has 3 heterocycles. The smallest absolute Gasteiger partial charge is 0.322 e. The number of imide groups is 1. The summed E-state index contributed by atoms with van der Waals surface area (Å²) in [6, 6.07) is 5.03. The number of halogens is 1. The van der Waals surface area contributed by atoms with E-state index in [-0.39, 0.29) is 24.1 Å². The van der Waals surface area contributed by atoms with E-state index in [1.165, 1.54) is 12.1 Å². The van der Waals surface area contributed by atoms with Crippen molar-refractivity contribution in [2.45, 2.75) is 31.2 Å². The van der Waals surface area contributed by atoms with Crippen LogP contribution in [-0.2, 0) is 9.59 Å². The Balaban J connectivity index is 1.39. The lowest BCUT2D eigenvalue weighted by atomic mass is 9.89. The minimum Gasteiger partial charge on any atom is -0.343 e.